The van der Waals surface area contributed by atoms with Crippen molar-refractivity contribution < 1.29 is 4.74 Å². The Hall–Kier alpha value is -1.87. The van der Waals surface area contributed by atoms with E-state index in [0.717, 1.165) is 23.6 Å². The second-order valence-electron chi connectivity index (χ2n) is 8.75. The van der Waals surface area contributed by atoms with Crippen LogP contribution in [0.3, 0.4) is 0 Å². The summed E-state index contributed by atoms with van der Waals surface area (Å²) in [5.74, 6) is 3.69. The molecule has 0 unspecified atom stereocenters. The Morgan fingerprint density at radius 2 is 1.74 bits per heavy atom. The summed E-state index contributed by atoms with van der Waals surface area (Å²) < 4.78 is 5.73. The SMILES string of the molecule is COc1ccc(-c2ccncc2)cc1C1CCN([C@H]2C[C@H]3CC[C@H]2C3)CC1. The molecule has 2 aliphatic carbocycles. The Bertz CT molecular complexity index is 782. The molecule has 3 aliphatic rings. The summed E-state index contributed by atoms with van der Waals surface area (Å²) in [6, 6.07) is 11.7. The molecule has 2 saturated carbocycles. The van der Waals surface area contributed by atoms with Gasteiger partial charge in [-0.15, -0.1) is 0 Å². The van der Waals surface area contributed by atoms with E-state index in [0.29, 0.717) is 5.92 Å². The van der Waals surface area contributed by atoms with Crippen molar-refractivity contribution >= 4 is 0 Å². The van der Waals surface area contributed by atoms with Crippen molar-refractivity contribution in [2.24, 2.45) is 11.8 Å². The van der Waals surface area contributed by atoms with Crippen LogP contribution in [-0.2, 0) is 0 Å². The van der Waals surface area contributed by atoms with E-state index in [-0.39, 0.29) is 0 Å². The van der Waals surface area contributed by atoms with Crippen LogP contribution in [0.25, 0.3) is 11.1 Å². The summed E-state index contributed by atoms with van der Waals surface area (Å²) in [7, 11) is 1.80. The Morgan fingerprint density at radius 3 is 2.41 bits per heavy atom. The summed E-state index contributed by atoms with van der Waals surface area (Å²) in [5, 5.41) is 0. The first kappa shape index (κ1) is 17.2. The number of pyridine rings is 1. The Kier molecular flexibility index (Phi) is 4.65. The molecule has 0 N–H and O–H groups in total. The zero-order valence-electron chi connectivity index (χ0n) is 16.3. The van der Waals surface area contributed by atoms with Gasteiger partial charge in [0.05, 0.1) is 7.11 Å². The van der Waals surface area contributed by atoms with Crippen molar-refractivity contribution in [3.05, 3.63) is 48.3 Å². The summed E-state index contributed by atoms with van der Waals surface area (Å²) in [6.07, 6.45) is 12.2. The van der Waals surface area contributed by atoms with Crippen LogP contribution in [0.1, 0.15) is 50.0 Å². The van der Waals surface area contributed by atoms with Crippen LogP contribution in [0.5, 0.6) is 5.75 Å². The fourth-order valence-corrected chi connectivity index (χ4v) is 5.98. The maximum absolute atomic E-state index is 5.73. The van der Waals surface area contributed by atoms with Crippen molar-refractivity contribution in [1.29, 1.82) is 0 Å². The molecule has 1 aromatic heterocycles. The monoisotopic (exact) mass is 362 g/mol. The molecule has 27 heavy (non-hydrogen) atoms. The Morgan fingerprint density at radius 1 is 0.926 bits per heavy atom. The number of nitrogens with zero attached hydrogens (tertiary/aromatic N) is 2. The number of likely N-dealkylation sites (tertiary alicyclic amines) is 1. The summed E-state index contributed by atoms with van der Waals surface area (Å²) in [4.78, 5) is 6.97. The van der Waals surface area contributed by atoms with Crippen LogP contribution >= 0.6 is 0 Å². The number of fused-ring (bicyclic) bond motifs is 2. The van der Waals surface area contributed by atoms with E-state index in [1.54, 1.807) is 7.11 Å². The lowest BCUT2D eigenvalue weighted by Crippen LogP contribution is -2.43. The van der Waals surface area contributed by atoms with E-state index < -0.39 is 0 Å². The Balaban J connectivity index is 1.32. The fraction of sp³-hybridized carbons (Fsp3) is 0.542. The van der Waals surface area contributed by atoms with E-state index in [9.17, 15) is 0 Å². The molecular formula is C24H30N2O. The van der Waals surface area contributed by atoms with Gasteiger partial charge in [0.1, 0.15) is 5.75 Å². The summed E-state index contributed by atoms with van der Waals surface area (Å²) in [5.41, 5.74) is 3.89. The molecule has 3 fully saturated rings. The fourth-order valence-electron chi connectivity index (χ4n) is 5.98. The van der Waals surface area contributed by atoms with Crippen molar-refractivity contribution in [3.8, 4) is 16.9 Å². The molecule has 3 atom stereocenters. The van der Waals surface area contributed by atoms with Gasteiger partial charge in [-0.05, 0) is 104 Å². The molecule has 2 bridgehead atoms. The lowest BCUT2D eigenvalue weighted by atomic mass is 9.85. The van der Waals surface area contributed by atoms with Gasteiger partial charge in [0.25, 0.3) is 0 Å². The zero-order valence-corrected chi connectivity index (χ0v) is 16.3. The normalized spacial score (nSPS) is 28.6. The second kappa shape index (κ2) is 7.27. The lowest BCUT2D eigenvalue weighted by Gasteiger charge is -2.40. The molecule has 0 amide bonds. The minimum absolute atomic E-state index is 0.608. The van der Waals surface area contributed by atoms with Crippen molar-refractivity contribution in [3.63, 3.8) is 0 Å². The highest BCUT2D eigenvalue weighted by molar-refractivity contribution is 5.65. The Labute approximate surface area is 162 Å². The average molecular weight is 363 g/mol. The minimum atomic E-state index is 0.608. The van der Waals surface area contributed by atoms with E-state index in [1.807, 2.05) is 12.4 Å². The number of rotatable bonds is 4. The molecule has 1 saturated heterocycles. The first-order chi connectivity index (χ1) is 13.3. The van der Waals surface area contributed by atoms with Gasteiger partial charge in [0.2, 0.25) is 0 Å². The largest absolute Gasteiger partial charge is 0.496 e. The number of hydrogen-bond acceptors (Lipinski definition) is 3. The number of hydrogen-bond donors (Lipinski definition) is 0. The molecule has 1 aromatic carbocycles. The summed E-state index contributed by atoms with van der Waals surface area (Å²) in [6.45, 7) is 2.50. The van der Waals surface area contributed by atoms with Crippen LogP contribution in [-0.4, -0.2) is 36.1 Å². The van der Waals surface area contributed by atoms with Gasteiger partial charge < -0.3 is 9.64 Å². The number of ether oxygens (including phenoxy) is 1. The predicted molar refractivity (Wildman–Crippen MR) is 109 cm³/mol. The molecule has 0 spiro atoms. The topological polar surface area (TPSA) is 25.4 Å². The van der Waals surface area contributed by atoms with Gasteiger partial charge in [0, 0.05) is 18.4 Å². The average Bonchev–Trinajstić information content (AvgIpc) is 3.38. The first-order valence-electron chi connectivity index (χ1n) is 10.6. The lowest BCUT2D eigenvalue weighted by molar-refractivity contribution is 0.110. The van der Waals surface area contributed by atoms with Crippen molar-refractivity contribution in [1.82, 2.24) is 9.88 Å². The van der Waals surface area contributed by atoms with Crippen LogP contribution in [0.4, 0.5) is 0 Å². The zero-order chi connectivity index (χ0) is 18.2. The molecular weight excluding hydrogens is 332 g/mol. The molecule has 142 valence electrons. The van der Waals surface area contributed by atoms with E-state index >= 15 is 0 Å². The van der Waals surface area contributed by atoms with E-state index in [2.05, 4.69) is 40.2 Å². The van der Waals surface area contributed by atoms with Gasteiger partial charge in [-0.3, -0.25) is 4.98 Å². The molecule has 0 radical (unpaired) electrons. The molecule has 5 rings (SSSR count). The number of methoxy groups -OCH3 is 1. The number of aromatic nitrogens is 1. The summed E-state index contributed by atoms with van der Waals surface area (Å²) >= 11 is 0. The standard InChI is InChI=1S/C24H30N2O/c1-27-24-5-4-20(18-6-10-25-11-7-18)16-22(24)19-8-12-26(13-9-19)23-15-17-2-3-21(23)14-17/h4-7,10-11,16-17,19,21,23H,2-3,8-9,12-15H2,1H3/t17-,21-,23-/m0/s1. The van der Waals surface area contributed by atoms with Crippen LogP contribution < -0.4 is 4.74 Å². The molecule has 2 aromatic rings. The number of benzene rings is 1. The smallest absolute Gasteiger partial charge is 0.122 e. The van der Waals surface area contributed by atoms with E-state index in [4.69, 9.17) is 4.74 Å². The predicted octanol–water partition coefficient (Wildman–Crippen LogP) is 5.13. The highest BCUT2D eigenvalue weighted by atomic mass is 16.5. The molecule has 1 aliphatic heterocycles. The minimum Gasteiger partial charge on any atom is -0.496 e. The van der Waals surface area contributed by atoms with Gasteiger partial charge >= 0.3 is 0 Å². The van der Waals surface area contributed by atoms with Crippen LogP contribution in [0, 0.1) is 11.8 Å². The molecule has 3 nitrogen and oxygen atoms in total. The highest BCUT2D eigenvalue weighted by Crippen LogP contribution is 2.48. The van der Waals surface area contributed by atoms with Crippen LogP contribution in [0.2, 0.25) is 0 Å². The second-order valence-corrected chi connectivity index (χ2v) is 8.75. The highest BCUT2D eigenvalue weighted by Gasteiger charge is 2.43. The number of piperidine rings is 1. The third-order valence-electron chi connectivity index (χ3n) is 7.38. The van der Waals surface area contributed by atoms with Crippen LogP contribution in [0.15, 0.2) is 42.7 Å². The van der Waals surface area contributed by atoms with Gasteiger partial charge in [-0.2, -0.15) is 0 Å². The van der Waals surface area contributed by atoms with Gasteiger partial charge in [-0.1, -0.05) is 12.5 Å². The van der Waals surface area contributed by atoms with Crippen molar-refractivity contribution in [2.75, 3.05) is 20.2 Å². The maximum Gasteiger partial charge on any atom is 0.122 e. The quantitative estimate of drug-likeness (QED) is 0.754. The van der Waals surface area contributed by atoms with Crippen molar-refractivity contribution in [2.45, 2.75) is 50.5 Å². The maximum atomic E-state index is 5.73. The van der Waals surface area contributed by atoms with E-state index in [1.165, 1.54) is 68.3 Å². The van der Waals surface area contributed by atoms with Gasteiger partial charge in [0.15, 0.2) is 0 Å². The molecule has 3 heteroatoms. The van der Waals surface area contributed by atoms with Gasteiger partial charge in [-0.25, -0.2) is 0 Å². The molecule has 2 heterocycles. The first-order valence-corrected chi connectivity index (χ1v) is 10.6. The third-order valence-corrected chi connectivity index (χ3v) is 7.38. The third kappa shape index (κ3) is 3.27.